The van der Waals surface area contributed by atoms with Gasteiger partial charge in [-0.3, -0.25) is 9.36 Å². The van der Waals surface area contributed by atoms with Crippen molar-refractivity contribution in [3.8, 4) is 0 Å². The summed E-state index contributed by atoms with van der Waals surface area (Å²) in [6.45, 7) is 2.90. The van der Waals surface area contributed by atoms with Gasteiger partial charge in [0.25, 0.3) is 5.56 Å². The number of nitrogens with zero attached hydrogens (tertiary/aromatic N) is 3. The predicted molar refractivity (Wildman–Crippen MR) is 88.9 cm³/mol. The van der Waals surface area contributed by atoms with Crippen LogP contribution in [0.25, 0.3) is 10.9 Å². The Morgan fingerprint density at radius 3 is 2.81 bits per heavy atom. The molecule has 0 bridgehead atoms. The van der Waals surface area contributed by atoms with Gasteiger partial charge < -0.3 is 4.90 Å². The molecule has 0 spiro atoms. The highest BCUT2D eigenvalue weighted by molar-refractivity contribution is 9.10. The van der Waals surface area contributed by atoms with Gasteiger partial charge in [0, 0.05) is 11.0 Å². The van der Waals surface area contributed by atoms with Crippen LogP contribution in [-0.4, -0.2) is 34.6 Å². The van der Waals surface area contributed by atoms with E-state index in [1.165, 1.54) is 0 Å². The summed E-state index contributed by atoms with van der Waals surface area (Å²) in [5.74, 6) is 0.532. The minimum absolute atomic E-state index is 0.0507. The molecule has 0 aliphatic carbocycles. The number of likely N-dealkylation sites (tertiary alicyclic amines) is 1. The third-order valence-electron chi connectivity index (χ3n) is 4.18. The Bertz CT molecular complexity index is 723. The molecule has 0 unspecified atom stereocenters. The largest absolute Gasteiger partial charge is 0.306 e. The maximum atomic E-state index is 12.6. The Labute approximate surface area is 136 Å². The number of halogens is 2. The molecular weight excluding hydrogens is 354 g/mol. The van der Waals surface area contributed by atoms with Gasteiger partial charge in [0.2, 0.25) is 0 Å². The SMILES string of the molecule is CN1CCC(Cn2cnc3ccc(Br)c(Cl)c3c2=O)CC1. The highest BCUT2D eigenvalue weighted by atomic mass is 79.9. The molecule has 6 heteroatoms. The molecule has 0 atom stereocenters. The smallest absolute Gasteiger partial charge is 0.262 e. The second kappa shape index (κ2) is 6.07. The Morgan fingerprint density at radius 1 is 1.38 bits per heavy atom. The summed E-state index contributed by atoms with van der Waals surface area (Å²) in [6, 6.07) is 3.63. The molecule has 1 aromatic carbocycles. The molecule has 1 aliphatic heterocycles. The average molecular weight is 371 g/mol. The maximum Gasteiger partial charge on any atom is 0.262 e. The second-order valence-electron chi connectivity index (χ2n) is 5.70. The number of benzene rings is 1. The van der Waals surface area contributed by atoms with Crippen LogP contribution >= 0.6 is 27.5 Å². The summed E-state index contributed by atoms with van der Waals surface area (Å²) in [7, 11) is 2.14. The summed E-state index contributed by atoms with van der Waals surface area (Å²) in [5, 5.41) is 0.948. The number of hydrogen-bond acceptors (Lipinski definition) is 3. The third-order valence-corrected chi connectivity index (χ3v) is 5.46. The fraction of sp³-hybridized carbons (Fsp3) is 0.467. The first-order chi connectivity index (χ1) is 10.1. The molecule has 1 aliphatic rings. The van der Waals surface area contributed by atoms with E-state index in [0.29, 0.717) is 21.8 Å². The van der Waals surface area contributed by atoms with Crippen LogP contribution in [0.1, 0.15) is 12.8 Å². The Hall–Kier alpha value is -0.910. The number of rotatable bonds is 2. The molecule has 0 radical (unpaired) electrons. The zero-order valence-electron chi connectivity index (χ0n) is 11.9. The van der Waals surface area contributed by atoms with Crippen LogP contribution in [0.4, 0.5) is 0 Å². The van der Waals surface area contributed by atoms with Gasteiger partial charge in [0.1, 0.15) is 0 Å². The normalized spacial score (nSPS) is 17.5. The summed E-state index contributed by atoms with van der Waals surface area (Å²) in [6.07, 6.45) is 3.88. The summed E-state index contributed by atoms with van der Waals surface area (Å²) >= 11 is 9.63. The van der Waals surface area contributed by atoms with E-state index in [-0.39, 0.29) is 5.56 Å². The van der Waals surface area contributed by atoms with Crippen molar-refractivity contribution in [3.05, 3.63) is 38.3 Å². The molecule has 4 nitrogen and oxygen atoms in total. The van der Waals surface area contributed by atoms with E-state index in [4.69, 9.17) is 11.6 Å². The Kier molecular flexibility index (Phi) is 4.33. The van der Waals surface area contributed by atoms with Crippen LogP contribution in [-0.2, 0) is 6.54 Å². The molecule has 112 valence electrons. The van der Waals surface area contributed by atoms with Crippen LogP contribution < -0.4 is 5.56 Å². The lowest BCUT2D eigenvalue weighted by molar-refractivity contribution is 0.204. The molecule has 1 fully saturated rings. The van der Waals surface area contributed by atoms with Gasteiger partial charge in [0.05, 0.1) is 22.3 Å². The molecular formula is C15H17BrClN3O. The average Bonchev–Trinajstić information content (AvgIpc) is 2.48. The van der Waals surface area contributed by atoms with E-state index < -0.39 is 0 Å². The van der Waals surface area contributed by atoms with Crippen LogP contribution in [0.15, 0.2) is 27.7 Å². The number of fused-ring (bicyclic) bond motifs is 1. The minimum Gasteiger partial charge on any atom is -0.306 e. The fourth-order valence-corrected chi connectivity index (χ4v) is 3.40. The molecule has 0 amide bonds. The standard InChI is InChI=1S/C15H17BrClN3O/c1-19-6-4-10(5-7-19)8-20-9-18-12-3-2-11(16)14(17)13(12)15(20)21/h2-3,9-10H,4-8H2,1H3. The van der Waals surface area contributed by atoms with Crippen molar-refractivity contribution in [3.63, 3.8) is 0 Å². The van der Waals surface area contributed by atoms with Gasteiger partial charge in [-0.1, -0.05) is 11.6 Å². The first kappa shape index (κ1) is 15.0. The van der Waals surface area contributed by atoms with Crippen molar-refractivity contribution in [2.45, 2.75) is 19.4 Å². The number of aromatic nitrogens is 2. The second-order valence-corrected chi connectivity index (χ2v) is 6.94. The van der Waals surface area contributed by atoms with Gasteiger partial charge in [-0.2, -0.15) is 0 Å². The van der Waals surface area contributed by atoms with E-state index in [1.54, 1.807) is 10.9 Å². The van der Waals surface area contributed by atoms with Crippen molar-refractivity contribution in [2.75, 3.05) is 20.1 Å². The number of hydrogen-bond donors (Lipinski definition) is 0. The highest BCUT2D eigenvalue weighted by Crippen LogP contribution is 2.28. The third kappa shape index (κ3) is 3.00. The van der Waals surface area contributed by atoms with E-state index in [2.05, 4.69) is 32.9 Å². The lowest BCUT2D eigenvalue weighted by Crippen LogP contribution is -2.34. The monoisotopic (exact) mass is 369 g/mol. The summed E-state index contributed by atoms with van der Waals surface area (Å²) in [5.41, 5.74) is 0.595. The lowest BCUT2D eigenvalue weighted by atomic mass is 9.97. The highest BCUT2D eigenvalue weighted by Gasteiger charge is 2.18. The Morgan fingerprint density at radius 2 is 2.10 bits per heavy atom. The molecule has 2 aromatic rings. The topological polar surface area (TPSA) is 38.1 Å². The molecule has 3 rings (SSSR count). The van der Waals surface area contributed by atoms with E-state index in [1.807, 2.05) is 12.1 Å². The molecule has 0 saturated carbocycles. The molecule has 21 heavy (non-hydrogen) atoms. The van der Waals surface area contributed by atoms with Crippen molar-refractivity contribution < 1.29 is 0 Å². The molecule has 1 aromatic heterocycles. The zero-order chi connectivity index (χ0) is 15.0. The predicted octanol–water partition coefficient (Wildman–Crippen LogP) is 3.15. The van der Waals surface area contributed by atoms with E-state index in [9.17, 15) is 4.79 Å². The van der Waals surface area contributed by atoms with Gasteiger partial charge in [-0.05, 0) is 67.0 Å². The quantitative estimate of drug-likeness (QED) is 0.815. The fourth-order valence-electron chi connectivity index (χ4n) is 2.83. The van der Waals surface area contributed by atoms with Crippen LogP contribution in [0.2, 0.25) is 5.02 Å². The van der Waals surface area contributed by atoms with Crippen molar-refractivity contribution in [2.24, 2.45) is 5.92 Å². The zero-order valence-corrected chi connectivity index (χ0v) is 14.2. The summed E-state index contributed by atoms with van der Waals surface area (Å²) < 4.78 is 2.43. The van der Waals surface area contributed by atoms with Crippen LogP contribution in [0.3, 0.4) is 0 Å². The van der Waals surface area contributed by atoms with Gasteiger partial charge >= 0.3 is 0 Å². The molecule has 2 heterocycles. The van der Waals surface area contributed by atoms with Crippen molar-refractivity contribution in [1.82, 2.24) is 14.5 Å². The van der Waals surface area contributed by atoms with Crippen molar-refractivity contribution >= 4 is 38.4 Å². The first-order valence-corrected chi connectivity index (χ1v) is 8.25. The molecule has 0 N–H and O–H groups in total. The first-order valence-electron chi connectivity index (χ1n) is 7.08. The van der Waals surface area contributed by atoms with Gasteiger partial charge in [-0.15, -0.1) is 0 Å². The lowest BCUT2D eigenvalue weighted by Gasteiger charge is -2.29. The molecule has 1 saturated heterocycles. The van der Waals surface area contributed by atoms with E-state index in [0.717, 1.165) is 36.9 Å². The number of piperidine rings is 1. The van der Waals surface area contributed by atoms with Crippen molar-refractivity contribution in [1.29, 1.82) is 0 Å². The van der Waals surface area contributed by atoms with E-state index >= 15 is 0 Å². The van der Waals surface area contributed by atoms with Gasteiger partial charge in [-0.25, -0.2) is 4.98 Å². The van der Waals surface area contributed by atoms with Gasteiger partial charge in [0.15, 0.2) is 0 Å². The minimum atomic E-state index is -0.0507. The summed E-state index contributed by atoms with van der Waals surface area (Å²) in [4.78, 5) is 19.3. The maximum absolute atomic E-state index is 12.6. The van der Waals surface area contributed by atoms with Crippen LogP contribution in [0.5, 0.6) is 0 Å². The van der Waals surface area contributed by atoms with Crippen LogP contribution in [0, 0.1) is 5.92 Å². The Balaban J connectivity index is 1.95.